The maximum absolute atomic E-state index is 11.1. The Kier molecular flexibility index (Phi) is 4.84. The highest BCUT2D eigenvalue weighted by Gasteiger charge is 2.43. The predicted octanol–water partition coefficient (Wildman–Crippen LogP) is 3.79. The molecule has 9 nitrogen and oxygen atoms in total. The van der Waals surface area contributed by atoms with Gasteiger partial charge in [0, 0.05) is 30.5 Å². The van der Waals surface area contributed by atoms with Crippen molar-refractivity contribution in [2.24, 2.45) is 5.73 Å². The number of amides is 1. The van der Waals surface area contributed by atoms with Gasteiger partial charge in [-0.25, -0.2) is 9.78 Å². The summed E-state index contributed by atoms with van der Waals surface area (Å²) in [6, 6.07) is 7.61. The van der Waals surface area contributed by atoms with Crippen LogP contribution in [0.25, 0.3) is 22.3 Å². The number of ether oxygens (including phenoxy) is 1. The van der Waals surface area contributed by atoms with Gasteiger partial charge in [-0.2, -0.15) is 15.3 Å². The molecule has 5 rings (SSSR count). The summed E-state index contributed by atoms with van der Waals surface area (Å²) in [4.78, 5) is 22.5. The molecule has 1 aromatic carbocycles. The minimum absolute atomic E-state index is 0.108. The first kappa shape index (κ1) is 19.8. The number of piperidine rings is 1. The van der Waals surface area contributed by atoms with Crippen molar-refractivity contribution in [1.29, 1.82) is 5.26 Å². The Morgan fingerprint density at radius 1 is 1.26 bits per heavy atom. The largest absolute Gasteiger partial charge is 0.446 e. The number of nitrogens with one attached hydrogen (secondary N) is 1. The van der Waals surface area contributed by atoms with Gasteiger partial charge in [-0.05, 0) is 18.9 Å². The predicted molar refractivity (Wildman–Crippen MR) is 115 cm³/mol. The van der Waals surface area contributed by atoms with E-state index in [0.29, 0.717) is 51.1 Å². The fourth-order valence-electron chi connectivity index (χ4n) is 4.71. The van der Waals surface area contributed by atoms with Crippen LogP contribution in [0, 0.1) is 11.3 Å². The molecule has 2 saturated heterocycles. The topological polar surface area (TPSA) is 134 Å². The van der Waals surface area contributed by atoms with Gasteiger partial charge in [0.05, 0.1) is 15.4 Å². The third kappa shape index (κ3) is 3.32. The van der Waals surface area contributed by atoms with Crippen LogP contribution in [0.4, 0.5) is 10.7 Å². The lowest BCUT2D eigenvalue weighted by Crippen LogP contribution is -2.47. The van der Waals surface area contributed by atoms with E-state index in [-0.39, 0.29) is 23.9 Å². The molecule has 0 spiro atoms. The summed E-state index contributed by atoms with van der Waals surface area (Å²) in [5.41, 5.74) is 6.91. The van der Waals surface area contributed by atoms with Crippen molar-refractivity contribution < 1.29 is 9.53 Å². The molecule has 31 heavy (non-hydrogen) atoms. The summed E-state index contributed by atoms with van der Waals surface area (Å²) in [6.45, 7) is 0. The van der Waals surface area contributed by atoms with Crippen molar-refractivity contribution in [3.05, 3.63) is 33.9 Å². The van der Waals surface area contributed by atoms with E-state index in [2.05, 4.69) is 31.1 Å². The Morgan fingerprint density at radius 3 is 2.68 bits per heavy atom. The van der Waals surface area contributed by atoms with Crippen LogP contribution in [0.5, 0.6) is 0 Å². The number of aromatic nitrogens is 4. The van der Waals surface area contributed by atoms with Crippen molar-refractivity contribution in [2.45, 2.75) is 43.9 Å². The van der Waals surface area contributed by atoms with Crippen LogP contribution in [0.1, 0.15) is 31.4 Å². The van der Waals surface area contributed by atoms with E-state index in [1.165, 1.54) is 0 Å². The quantitative estimate of drug-likeness (QED) is 0.610. The lowest BCUT2D eigenvalue weighted by atomic mass is 10.00. The number of benzene rings is 1. The fraction of sp³-hybridized carbons (Fsp3) is 0.350. The molecule has 2 aromatic heterocycles. The van der Waals surface area contributed by atoms with Crippen molar-refractivity contribution in [3.63, 3.8) is 0 Å². The number of H-pyrrole nitrogens is 1. The lowest BCUT2D eigenvalue weighted by Gasteiger charge is -2.38. The molecule has 2 aliphatic heterocycles. The molecule has 3 aromatic rings. The Labute approximate surface area is 187 Å². The Hall–Kier alpha value is -3.09. The summed E-state index contributed by atoms with van der Waals surface area (Å²) in [6.07, 6.45) is 2.18. The van der Waals surface area contributed by atoms with E-state index < -0.39 is 6.09 Å². The average Bonchev–Trinajstić information content (AvgIpc) is 3.27. The standard InChI is InChI=1S/C20H17Cl2N7O2/c21-13-3-1-2-12(16(13)22)17-15-14(8-23)25-20(26-18(15)28-27-17)29-9-4-5-10(29)7-11(6-9)31-19(24)30/h1-3,9-11H,4-7H2,(H2,24,30)(H,25,26,27,28). The highest BCUT2D eigenvalue weighted by atomic mass is 35.5. The normalized spacial score (nSPS) is 22.5. The van der Waals surface area contributed by atoms with Gasteiger partial charge >= 0.3 is 6.09 Å². The molecule has 2 unspecified atom stereocenters. The van der Waals surface area contributed by atoms with Gasteiger partial charge in [0.1, 0.15) is 17.9 Å². The van der Waals surface area contributed by atoms with Crippen molar-refractivity contribution >= 4 is 46.3 Å². The Balaban J connectivity index is 1.55. The summed E-state index contributed by atoms with van der Waals surface area (Å²) >= 11 is 12.5. The highest BCUT2D eigenvalue weighted by Crippen LogP contribution is 2.41. The molecular formula is C20H17Cl2N7O2. The monoisotopic (exact) mass is 457 g/mol. The molecular weight excluding hydrogens is 441 g/mol. The van der Waals surface area contributed by atoms with Crippen molar-refractivity contribution in [3.8, 4) is 17.3 Å². The smallest absolute Gasteiger partial charge is 0.404 e. The molecule has 2 atom stereocenters. The number of primary amides is 1. The first-order valence-corrected chi connectivity index (χ1v) is 10.6. The van der Waals surface area contributed by atoms with Gasteiger partial charge in [0.25, 0.3) is 0 Å². The van der Waals surface area contributed by atoms with E-state index >= 15 is 0 Å². The number of anilines is 1. The van der Waals surface area contributed by atoms with E-state index in [0.717, 1.165) is 12.8 Å². The van der Waals surface area contributed by atoms with E-state index in [4.69, 9.17) is 33.7 Å². The third-order valence-corrected chi connectivity index (χ3v) is 6.74. The summed E-state index contributed by atoms with van der Waals surface area (Å²) in [7, 11) is 0. The zero-order valence-electron chi connectivity index (χ0n) is 16.2. The first-order valence-electron chi connectivity index (χ1n) is 9.81. The Bertz CT molecular complexity index is 1220. The second kappa shape index (κ2) is 7.55. The molecule has 11 heteroatoms. The number of rotatable bonds is 3. The Morgan fingerprint density at radius 2 is 2.00 bits per heavy atom. The number of hydrogen-bond acceptors (Lipinski definition) is 7. The molecule has 0 aliphatic carbocycles. The third-order valence-electron chi connectivity index (χ3n) is 5.92. The number of nitrogens with two attached hydrogens (primary N) is 1. The second-order valence-corrected chi connectivity index (χ2v) is 8.49. The van der Waals surface area contributed by atoms with Gasteiger partial charge in [-0.1, -0.05) is 35.3 Å². The average molecular weight is 458 g/mol. The number of aromatic amines is 1. The summed E-state index contributed by atoms with van der Waals surface area (Å²) in [5, 5.41) is 18.3. The van der Waals surface area contributed by atoms with Crippen molar-refractivity contribution in [2.75, 3.05) is 4.90 Å². The van der Waals surface area contributed by atoms with E-state index in [9.17, 15) is 10.1 Å². The van der Waals surface area contributed by atoms with Gasteiger partial charge in [-0.3, -0.25) is 5.10 Å². The maximum atomic E-state index is 11.1. The molecule has 2 bridgehead atoms. The zero-order chi connectivity index (χ0) is 21.7. The van der Waals surface area contributed by atoms with Crippen molar-refractivity contribution in [1.82, 2.24) is 20.2 Å². The summed E-state index contributed by atoms with van der Waals surface area (Å²) in [5.74, 6) is 0.460. The number of nitriles is 1. The van der Waals surface area contributed by atoms with Crippen LogP contribution >= 0.6 is 23.2 Å². The molecule has 2 fully saturated rings. The molecule has 4 heterocycles. The minimum Gasteiger partial charge on any atom is -0.446 e. The minimum atomic E-state index is -0.757. The van der Waals surface area contributed by atoms with Gasteiger partial charge < -0.3 is 15.4 Å². The van der Waals surface area contributed by atoms with E-state index in [1.54, 1.807) is 18.2 Å². The first-order chi connectivity index (χ1) is 15.0. The van der Waals surface area contributed by atoms with Crippen LogP contribution in [-0.2, 0) is 4.74 Å². The van der Waals surface area contributed by atoms with Crippen LogP contribution in [0.3, 0.4) is 0 Å². The molecule has 3 N–H and O–H groups in total. The van der Waals surface area contributed by atoms with Crippen LogP contribution in [0.15, 0.2) is 18.2 Å². The molecule has 158 valence electrons. The number of hydrogen-bond donors (Lipinski definition) is 2. The fourth-order valence-corrected chi connectivity index (χ4v) is 5.10. The number of carbonyl (C=O) groups excluding carboxylic acids is 1. The number of fused-ring (bicyclic) bond motifs is 3. The zero-order valence-corrected chi connectivity index (χ0v) is 17.7. The number of nitrogens with zero attached hydrogens (tertiary/aromatic N) is 5. The molecule has 1 amide bonds. The molecule has 0 radical (unpaired) electrons. The second-order valence-electron chi connectivity index (χ2n) is 7.70. The number of carbonyl (C=O) groups is 1. The maximum Gasteiger partial charge on any atom is 0.404 e. The van der Waals surface area contributed by atoms with Gasteiger partial charge in [0.2, 0.25) is 5.95 Å². The molecule has 2 aliphatic rings. The van der Waals surface area contributed by atoms with Gasteiger partial charge in [0.15, 0.2) is 11.3 Å². The molecule has 0 saturated carbocycles. The SMILES string of the molecule is N#Cc1nc(N2C3CCC2CC(OC(N)=O)C3)nc2[nH]nc(-c3cccc(Cl)c3Cl)c12. The highest BCUT2D eigenvalue weighted by molar-refractivity contribution is 6.43. The van der Waals surface area contributed by atoms with E-state index in [1.807, 2.05) is 0 Å². The summed E-state index contributed by atoms with van der Waals surface area (Å²) < 4.78 is 5.22. The van der Waals surface area contributed by atoms with Crippen LogP contribution in [-0.4, -0.2) is 44.4 Å². The van der Waals surface area contributed by atoms with Gasteiger partial charge in [-0.15, -0.1) is 0 Å². The van der Waals surface area contributed by atoms with Crippen LogP contribution < -0.4 is 10.6 Å². The lowest BCUT2D eigenvalue weighted by molar-refractivity contribution is 0.0805. The number of halogens is 2. The van der Waals surface area contributed by atoms with Crippen LogP contribution in [0.2, 0.25) is 10.0 Å².